The second-order valence-electron chi connectivity index (χ2n) is 8.41. The largest absolute Gasteiger partial charge is 0.486 e. The molecule has 2 aliphatic rings. The minimum Gasteiger partial charge on any atom is -0.486 e. The van der Waals surface area contributed by atoms with Crippen LogP contribution in [0, 0.1) is 18.2 Å². The molecule has 0 amide bonds. The number of halogens is 1. The van der Waals surface area contributed by atoms with Crippen molar-refractivity contribution in [3.05, 3.63) is 45.0 Å². The molecule has 6 nitrogen and oxygen atoms in total. The molecule has 3 heterocycles. The third-order valence-electron chi connectivity index (χ3n) is 5.50. The Balaban J connectivity index is 2.11. The molecule has 0 spiro atoms. The van der Waals surface area contributed by atoms with Crippen molar-refractivity contribution in [1.82, 2.24) is 4.57 Å². The van der Waals surface area contributed by atoms with Crippen molar-refractivity contribution in [1.29, 1.82) is 0 Å². The van der Waals surface area contributed by atoms with Gasteiger partial charge >= 0.3 is 5.97 Å². The van der Waals surface area contributed by atoms with Crippen LogP contribution in [0.2, 0.25) is 0 Å². The van der Waals surface area contributed by atoms with Gasteiger partial charge in [0.1, 0.15) is 18.8 Å². The van der Waals surface area contributed by atoms with Crippen LogP contribution in [0.5, 0.6) is 11.5 Å². The highest BCUT2D eigenvalue weighted by Gasteiger charge is 2.38. The zero-order valence-corrected chi connectivity index (χ0v) is 16.3. The van der Waals surface area contributed by atoms with E-state index in [9.17, 15) is 14.7 Å². The summed E-state index contributed by atoms with van der Waals surface area (Å²) in [6.45, 7) is 8.69. The molecule has 1 N–H and O–H groups in total. The smallest absolute Gasteiger partial charge is 0.341 e. The molecule has 0 saturated heterocycles. The van der Waals surface area contributed by atoms with E-state index in [1.54, 1.807) is 10.6 Å². The molecule has 1 atom stereocenters. The Labute approximate surface area is 161 Å². The summed E-state index contributed by atoms with van der Waals surface area (Å²) in [7, 11) is 0. The van der Waals surface area contributed by atoms with Gasteiger partial charge in [-0.3, -0.25) is 4.79 Å². The maximum Gasteiger partial charge on any atom is 0.341 e. The lowest BCUT2D eigenvalue weighted by Gasteiger charge is -2.40. The van der Waals surface area contributed by atoms with Crippen LogP contribution in [0.3, 0.4) is 0 Å². The van der Waals surface area contributed by atoms with Crippen molar-refractivity contribution in [2.75, 3.05) is 13.2 Å². The molecule has 148 valence electrons. The molecule has 0 unspecified atom stereocenters. The lowest BCUT2D eigenvalue weighted by molar-refractivity contribution is 0.0692. The fraction of sp³-hybridized carbons (Fsp3) is 0.429. The molecule has 0 fully saturated rings. The van der Waals surface area contributed by atoms with Crippen LogP contribution in [-0.4, -0.2) is 28.9 Å². The molecule has 1 aromatic heterocycles. The van der Waals surface area contributed by atoms with Crippen molar-refractivity contribution in [2.24, 2.45) is 5.41 Å². The van der Waals surface area contributed by atoms with Gasteiger partial charge in [0, 0.05) is 23.4 Å². The maximum absolute atomic E-state index is 15.2. The molecule has 7 heteroatoms. The number of aromatic carboxylic acids is 1. The molecule has 4 rings (SSSR count). The van der Waals surface area contributed by atoms with Gasteiger partial charge in [-0.25, -0.2) is 9.18 Å². The highest BCUT2D eigenvalue weighted by molar-refractivity contribution is 5.88. The van der Waals surface area contributed by atoms with Gasteiger partial charge in [0.2, 0.25) is 5.43 Å². The quantitative estimate of drug-likeness (QED) is 0.809. The molecule has 1 aromatic carbocycles. The van der Waals surface area contributed by atoms with E-state index in [-0.39, 0.29) is 17.2 Å². The highest BCUT2D eigenvalue weighted by atomic mass is 19.1. The number of aromatic nitrogens is 1. The maximum atomic E-state index is 15.2. The molecule has 0 saturated carbocycles. The molecule has 2 aromatic rings. The summed E-state index contributed by atoms with van der Waals surface area (Å²) in [5.74, 6) is -1.24. The zero-order chi connectivity index (χ0) is 20.4. The third-order valence-corrected chi connectivity index (χ3v) is 5.50. The van der Waals surface area contributed by atoms with Crippen LogP contribution in [0.25, 0.3) is 11.3 Å². The standard InChI is InChI=1S/C21H22FNO5/c1-10-7-11-12(19-18(10)27-5-6-28-19)8-14(21(2,3)4)23-9-13(20(25)26)17(24)15(22)16(11)23/h7,9,14H,5-6,8H2,1-4H3,(H,25,26)/t14-/m0/s1. The van der Waals surface area contributed by atoms with Gasteiger partial charge in [-0.2, -0.15) is 0 Å². The first kappa shape index (κ1) is 18.5. The van der Waals surface area contributed by atoms with E-state index in [1.165, 1.54) is 6.20 Å². The van der Waals surface area contributed by atoms with Crippen LogP contribution in [0.15, 0.2) is 17.1 Å². The van der Waals surface area contributed by atoms with Crippen molar-refractivity contribution >= 4 is 5.97 Å². The first-order chi connectivity index (χ1) is 13.1. The van der Waals surface area contributed by atoms with E-state index >= 15 is 4.39 Å². The Morgan fingerprint density at radius 2 is 1.89 bits per heavy atom. The van der Waals surface area contributed by atoms with Crippen LogP contribution >= 0.6 is 0 Å². The van der Waals surface area contributed by atoms with E-state index in [0.29, 0.717) is 36.7 Å². The Kier molecular flexibility index (Phi) is 4.03. The van der Waals surface area contributed by atoms with Crippen molar-refractivity contribution in [2.45, 2.75) is 40.2 Å². The number of fused-ring (bicyclic) bond motifs is 5. The van der Waals surface area contributed by atoms with Crippen LogP contribution in [0.4, 0.5) is 4.39 Å². The summed E-state index contributed by atoms with van der Waals surface area (Å²) in [6.07, 6.45) is 1.78. The molecule has 28 heavy (non-hydrogen) atoms. The topological polar surface area (TPSA) is 77.8 Å². The van der Waals surface area contributed by atoms with Crippen LogP contribution < -0.4 is 14.9 Å². The first-order valence-corrected chi connectivity index (χ1v) is 9.21. The highest BCUT2D eigenvalue weighted by Crippen LogP contribution is 2.50. The van der Waals surface area contributed by atoms with Crippen LogP contribution in [-0.2, 0) is 6.42 Å². The van der Waals surface area contributed by atoms with Gasteiger partial charge in [-0.1, -0.05) is 20.8 Å². The molecular weight excluding hydrogens is 365 g/mol. The van der Waals surface area contributed by atoms with Crippen molar-refractivity contribution in [3.8, 4) is 22.8 Å². The number of rotatable bonds is 1. The van der Waals surface area contributed by atoms with Gasteiger partial charge in [0.05, 0.1) is 5.69 Å². The summed E-state index contributed by atoms with van der Waals surface area (Å²) in [5, 5.41) is 9.36. The summed E-state index contributed by atoms with van der Waals surface area (Å²) in [4.78, 5) is 23.9. The molecule has 2 aliphatic heterocycles. The minimum absolute atomic E-state index is 0.108. The number of ether oxygens (including phenoxy) is 2. The first-order valence-electron chi connectivity index (χ1n) is 9.21. The number of carboxylic acids is 1. The number of carbonyl (C=O) groups is 1. The number of carboxylic acid groups (broad SMARTS) is 1. The average molecular weight is 387 g/mol. The van der Waals surface area contributed by atoms with Gasteiger partial charge in [0.25, 0.3) is 0 Å². The summed E-state index contributed by atoms with van der Waals surface area (Å²) in [6, 6.07) is 1.52. The fourth-order valence-corrected chi connectivity index (χ4v) is 4.11. The summed E-state index contributed by atoms with van der Waals surface area (Å²) in [5.41, 5.74) is 0.242. The number of hydrogen-bond donors (Lipinski definition) is 1. The molecule has 0 aliphatic carbocycles. The lowest BCUT2D eigenvalue weighted by atomic mass is 9.78. The van der Waals surface area contributed by atoms with E-state index in [0.717, 1.165) is 11.1 Å². The van der Waals surface area contributed by atoms with Crippen molar-refractivity contribution in [3.63, 3.8) is 0 Å². The van der Waals surface area contributed by atoms with Gasteiger partial charge in [-0.05, 0) is 30.4 Å². The molecule has 0 radical (unpaired) electrons. The summed E-state index contributed by atoms with van der Waals surface area (Å²) < 4.78 is 28.5. The normalized spacial score (nSPS) is 17.7. The number of aryl methyl sites for hydroxylation is 1. The summed E-state index contributed by atoms with van der Waals surface area (Å²) >= 11 is 0. The van der Waals surface area contributed by atoms with Gasteiger partial charge in [0.15, 0.2) is 17.3 Å². The predicted octanol–water partition coefficient (Wildman–Crippen LogP) is 3.58. The van der Waals surface area contributed by atoms with Crippen molar-refractivity contribution < 1.29 is 23.8 Å². The number of pyridine rings is 1. The Bertz CT molecular complexity index is 1060. The van der Waals surface area contributed by atoms with E-state index in [2.05, 4.69) is 0 Å². The van der Waals surface area contributed by atoms with E-state index < -0.39 is 22.8 Å². The second kappa shape index (κ2) is 6.09. The zero-order valence-electron chi connectivity index (χ0n) is 16.3. The number of nitrogens with zero attached hydrogens (tertiary/aromatic N) is 1. The number of benzene rings is 1. The Morgan fingerprint density at radius 3 is 2.50 bits per heavy atom. The second-order valence-corrected chi connectivity index (χ2v) is 8.41. The molecule has 0 bridgehead atoms. The monoisotopic (exact) mass is 387 g/mol. The lowest BCUT2D eigenvalue weighted by Crippen LogP contribution is -2.35. The van der Waals surface area contributed by atoms with Gasteiger partial charge in [-0.15, -0.1) is 0 Å². The fourth-order valence-electron chi connectivity index (χ4n) is 4.11. The van der Waals surface area contributed by atoms with Crippen LogP contribution in [0.1, 0.15) is 48.3 Å². The Morgan fingerprint density at radius 1 is 1.25 bits per heavy atom. The third kappa shape index (κ3) is 2.60. The minimum atomic E-state index is -1.43. The predicted molar refractivity (Wildman–Crippen MR) is 101 cm³/mol. The van der Waals surface area contributed by atoms with Gasteiger partial charge < -0.3 is 19.1 Å². The van der Waals surface area contributed by atoms with E-state index in [4.69, 9.17) is 9.47 Å². The Hall–Kier alpha value is -2.83. The average Bonchev–Trinajstić information content (AvgIpc) is 2.63. The van der Waals surface area contributed by atoms with E-state index in [1.807, 2.05) is 27.7 Å². The SMILES string of the molecule is Cc1cc2c(c3c1OCCO3)C[C@@H](C(C)(C)C)n1cc(C(=O)O)c(=O)c(F)c1-2. The molecular formula is C21H22FNO5. The number of hydrogen-bond acceptors (Lipinski definition) is 4.